The number of hydrogen-bond acceptors (Lipinski definition) is 6. The highest BCUT2D eigenvalue weighted by molar-refractivity contribution is 8.13. The van der Waals surface area contributed by atoms with E-state index in [9.17, 15) is 9.59 Å². The lowest BCUT2D eigenvalue weighted by Gasteiger charge is -2.16. The maximum atomic E-state index is 12.8. The van der Waals surface area contributed by atoms with Crippen LogP contribution in [-0.2, 0) is 24.2 Å². The second-order valence-corrected chi connectivity index (χ2v) is 8.95. The van der Waals surface area contributed by atoms with E-state index in [0.717, 1.165) is 6.42 Å². The number of thioether (sulfide) groups is 1. The summed E-state index contributed by atoms with van der Waals surface area (Å²) in [5.41, 5.74) is 1.86. The number of tetrazole rings is 1. The monoisotopic (exact) mass is 491 g/mol. The molecule has 0 aliphatic heterocycles. The lowest BCUT2D eigenvalue weighted by Crippen LogP contribution is -2.40. The zero-order valence-corrected chi connectivity index (χ0v) is 19.8. The van der Waals surface area contributed by atoms with Gasteiger partial charge in [-0.25, -0.2) is 4.68 Å². The Labute approximate surface area is 200 Å². The van der Waals surface area contributed by atoms with E-state index in [4.69, 9.17) is 23.2 Å². The minimum absolute atomic E-state index is 0.0577. The Hall–Kier alpha value is -2.42. The number of aryl methyl sites for hydroxylation is 1. The number of Topliss-reactive ketones (excluding diaryl/α,β-unsaturated/α-hetero) is 1. The Morgan fingerprint density at radius 2 is 1.81 bits per heavy atom. The van der Waals surface area contributed by atoms with Gasteiger partial charge in [0.25, 0.3) is 5.24 Å². The lowest BCUT2D eigenvalue weighted by atomic mass is 10.1. The number of nitrogens with one attached hydrogen (secondary N) is 1. The van der Waals surface area contributed by atoms with Crippen LogP contribution in [0.1, 0.15) is 30.3 Å². The summed E-state index contributed by atoms with van der Waals surface area (Å²) in [4.78, 5) is 25.1. The summed E-state index contributed by atoms with van der Waals surface area (Å²) in [6.45, 7) is 1.79. The van der Waals surface area contributed by atoms with Crippen LogP contribution in [-0.4, -0.2) is 43.0 Å². The van der Waals surface area contributed by atoms with Gasteiger partial charge in [0.15, 0.2) is 11.6 Å². The molecule has 1 atom stereocenters. The van der Waals surface area contributed by atoms with Crippen molar-refractivity contribution >= 4 is 46.0 Å². The van der Waals surface area contributed by atoms with Crippen molar-refractivity contribution in [3.63, 3.8) is 0 Å². The largest absolute Gasteiger partial charge is 0.337 e. The van der Waals surface area contributed by atoms with Gasteiger partial charge in [0.05, 0.1) is 6.04 Å². The van der Waals surface area contributed by atoms with E-state index in [1.54, 1.807) is 18.2 Å². The zero-order chi connectivity index (χ0) is 22.9. The molecule has 0 bridgehead atoms. The van der Waals surface area contributed by atoms with Crippen molar-refractivity contribution in [1.29, 1.82) is 0 Å². The summed E-state index contributed by atoms with van der Waals surface area (Å²) in [6, 6.07) is 14.6. The molecule has 1 N–H and O–H groups in total. The molecule has 3 aromatic rings. The SMILES string of the molecule is CCC(NC(=O)SCCc1ccccc1)C(=O)Cn1nnnc1Cc1c(Cl)cccc1Cl. The molecule has 0 saturated carbocycles. The first-order chi connectivity index (χ1) is 15.5. The Morgan fingerprint density at radius 3 is 2.50 bits per heavy atom. The Morgan fingerprint density at radius 1 is 1.09 bits per heavy atom. The molecule has 1 amide bonds. The van der Waals surface area contributed by atoms with Crippen LogP contribution in [0.25, 0.3) is 0 Å². The van der Waals surface area contributed by atoms with E-state index in [1.807, 2.05) is 37.3 Å². The number of aromatic nitrogens is 4. The smallest absolute Gasteiger partial charge is 0.279 e. The van der Waals surface area contributed by atoms with Gasteiger partial charge in [-0.3, -0.25) is 9.59 Å². The van der Waals surface area contributed by atoms with E-state index in [0.29, 0.717) is 33.6 Å². The van der Waals surface area contributed by atoms with Crippen molar-refractivity contribution in [2.24, 2.45) is 0 Å². The molecule has 0 saturated heterocycles. The van der Waals surface area contributed by atoms with E-state index in [2.05, 4.69) is 20.8 Å². The van der Waals surface area contributed by atoms with Crippen LogP contribution in [0.3, 0.4) is 0 Å². The number of nitrogens with zero attached hydrogens (tertiary/aromatic N) is 4. The predicted molar refractivity (Wildman–Crippen MR) is 127 cm³/mol. The topological polar surface area (TPSA) is 89.8 Å². The first-order valence-electron chi connectivity index (χ1n) is 10.2. The molecule has 10 heteroatoms. The number of benzene rings is 2. The molecule has 3 rings (SSSR count). The number of rotatable bonds is 10. The standard InChI is InChI=1S/C22H23Cl2N5O2S/c1-2-19(25-22(31)32-12-11-15-7-4-3-5-8-15)20(30)14-29-21(26-27-28-29)13-16-17(23)9-6-10-18(16)24/h3-10,19H,2,11-14H2,1H3,(H,25,31). The number of halogens is 2. The highest BCUT2D eigenvalue weighted by Crippen LogP contribution is 2.26. The molecule has 2 aromatic carbocycles. The number of amides is 1. The van der Waals surface area contributed by atoms with Gasteiger partial charge in [0.1, 0.15) is 6.54 Å². The third-order valence-electron chi connectivity index (χ3n) is 4.86. The van der Waals surface area contributed by atoms with Gasteiger partial charge >= 0.3 is 0 Å². The third-order valence-corrected chi connectivity index (χ3v) is 6.36. The fourth-order valence-corrected chi connectivity index (χ4v) is 4.37. The molecule has 0 spiro atoms. The summed E-state index contributed by atoms with van der Waals surface area (Å²) in [6.07, 6.45) is 1.54. The predicted octanol–water partition coefficient (Wildman–Crippen LogP) is 4.60. The molecular formula is C22H23Cl2N5O2S. The minimum atomic E-state index is -0.618. The van der Waals surface area contributed by atoms with E-state index >= 15 is 0 Å². The first-order valence-corrected chi connectivity index (χ1v) is 11.9. The molecule has 0 fully saturated rings. The van der Waals surface area contributed by atoms with Gasteiger partial charge < -0.3 is 5.32 Å². The number of ketones is 1. The molecule has 0 radical (unpaired) electrons. The van der Waals surface area contributed by atoms with Gasteiger partial charge in [-0.05, 0) is 46.5 Å². The van der Waals surface area contributed by atoms with Gasteiger partial charge in [-0.2, -0.15) is 0 Å². The zero-order valence-electron chi connectivity index (χ0n) is 17.5. The average Bonchev–Trinajstić information content (AvgIpc) is 3.22. The van der Waals surface area contributed by atoms with Crippen molar-refractivity contribution in [1.82, 2.24) is 25.5 Å². The van der Waals surface area contributed by atoms with Crippen molar-refractivity contribution in [2.45, 2.75) is 38.8 Å². The van der Waals surface area contributed by atoms with E-state index in [-0.39, 0.29) is 24.0 Å². The molecule has 0 aliphatic rings. The van der Waals surface area contributed by atoms with Gasteiger partial charge in [0, 0.05) is 22.2 Å². The fraction of sp³-hybridized carbons (Fsp3) is 0.318. The highest BCUT2D eigenvalue weighted by atomic mass is 35.5. The van der Waals surface area contributed by atoms with Crippen molar-refractivity contribution in [2.75, 3.05) is 5.75 Å². The molecule has 32 heavy (non-hydrogen) atoms. The number of carbonyl (C=O) groups excluding carboxylic acids is 2. The maximum absolute atomic E-state index is 12.8. The second kappa shape index (κ2) is 12.0. The van der Waals surface area contributed by atoms with Crippen LogP contribution >= 0.6 is 35.0 Å². The summed E-state index contributed by atoms with van der Waals surface area (Å²) in [5, 5.41) is 15.2. The quantitative estimate of drug-likeness (QED) is 0.445. The third kappa shape index (κ3) is 6.79. The Kier molecular flexibility index (Phi) is 9.08. The summed E-state index contributed by atoms with van der Waals surface area (Å²) in [7, 11) is 0. The first kappa shape index (κ1) is 24.2. The Bertz CT molecular complexity index is 1040. The summed E-state index contributed by atoms with van der Waals surface area (Å²) >= 11 is 13.6. The van der Waals surface area contributed by atoms with Crippen molar-refractivity contribution in [3.8, 4) is 0 Å². The van der Waals surface area contributed by atoms with Crippen molar-refractivity contribution in [3.05, 3.63) is 75.5 Å². The Balaban J connectivity index is 1.55. The molecule has 1 aromatic heterocycles. The van der Waals surface area contributed by atoms with Crippen LogP contribution in [0.5, 0.6) is 0 Å². The number of hydrogen-bond donors (Lipinski definition) is 1. The van der Waals surface area contributed by atoms with Gasteiger partial charge in [0.2, 0.25) is 0 Å². The van der Waals surface area contributed by atoms with Crippen LogP contribution in [0.2, 0.25) is 10.0 Å². The van der Waals surface area contributed by atoms with Crippen LogP contribution < -0.4 is 5.32 Å². The van der Waals surface area contributed by atoms with Crippen LogP contribution in [0, 0.1) is 0 Å². The van der Waals surface area contributed by atoms with Crippen LogP contribution in [0.15, 0.2) is 48.5 Å². The van der Waals surface area contributed by atoms with E-state index in [1.165, 1.54) is 22.0 Å². The highest BCUT2D eigenvalue weighted by Gasteiger charge is 2.22. The molecular weight excluding hydrogens is 469 g/mol. The molecule has 7 nitrogen and oxygen atoms in total. The van der Waals surface area contributed by atoms with Crippen LogP contribution in [0.4, 0.5) is 4.79 Å². The molecule has 1 unspecified atom stereocenters. The maximum Gasteiger partial charge on any atom is 0.279 e. The van der Waals surface area contributed by atoms with Gasteiger partial charge in [-0.15, -0.1) is 5.10 Å². The van der Waals surface area contributed by atoms with E-state index < -0.39 is 6.04 Å². The molecule has 1 heterocycles. The van der Waals surface area contributed by atoms with Gasteiger partial charge in [-0.1, -0.05) is 78.3 Å². The summed E-state index contributed by atoms with van der Waals surface area (Å²) < 4.78 is 1.42. The number of carbonyl (C=O) groups is 2. The average molecular weight is 492 g/mol. The lowest BCUT2D eigenvalue weighted by molar-refractivity contribution is -0.121. The summed E-state index contributed by atoms with van der Waals surface area (Å²) in [5.74, 6) is 0.922. The molecule has 168 valence electrons. The normalized spacial score (nSPS) is 11.8. The molecule has 0 aliphatic carbocycles. The van der Waals surface area contributed by atoms with Crippen molar-refractivity contribution < 1.29 is 9.59 Å². The fourth-order valence-electron chi connectivity index (χ4n) is 3.09. The second-order valence-electron chi connectivity index (χ2n) is 7.07. The minimum Gasteiger partial charge on any atom is -0.337 e.